The van der Waals surface area contributed by atoms with Gasteiger partial charge in [-0.2, -0.15) is 0 Å². The van der Waals surface area contributed by atoms with Crippen LogP contribution in [0.3, 0.4) is 0 Å². The van der Waals surface area contributed by atoms with Crippen molar-refractivity contribution in [3.63, 3.8) is 0 Å². The summed E-state index contributed by atoms with van der Waals surface area (Å²) < 4.78 is 31.9. The van der Waals surface area contributed by atoms with Gasteiger partial charge in [-0.3, -0.25) is 0 Å². The molecule has 3 aliphatic rings. The molecular formula is C30H38O5. The van der Waals surface area contributed by atoms with Gasteiger partial charge < -0.3 is 23.7 Å². The molecule has 3 aliphatic heterocycles. The fourth-order valence-corrected chi connectivity index (χ4v) is 5.49. The molecule has 0 radical (unpaired) electrons. The van der Waals surface area contributed by atoms with E-state index in [1.54, 1.807) is 0 Å². The van der Waals surface area contributed by atoms with Crippen molar-refractivity contribution in [2.45, 2.75) is 88.4 Å². The van der Waals surface area contributed by atoms with Gasteiger partial charge in [-0.05, 0) is 37.3 Å². The highest BCUT2D eigenvalue weighted by molar-refractivity contribution is 5.14. The van der Waals surface area contributed by atoms with Crippen molar-refractivity contribution < 1.29 is 23.7 Å². The van der Waals surface area contributed by atoms with E-state index in [0.717, 1.165) is 38.7 Å². The molecule has 5 rings (SSSR count). The highest BCUT2D eigenvalue weighted by Gasteiger charge is 2.52. The largest absolute Gasteiger partial charge is 0.377 e. The Labute approximate surface area is 209 Å². The van der Waals surface area contributed by atoms with Crippen LogP contribution in [0.15, 0.2) is 72.8 Å². The molecule has 0 unspecified atom stereocenters. The summed E-state index contributed by atoms with van der Waals surface area (Å²) in [5, 5.41) is 0. The lowest BCUT2D eigenvalue weighted by atomic mass is 9.82. The van der Waals surface area contributed by atoms with Gasteiger partial charge in [0.25, 0.3) is 0 Å². The molecule has 0 N–H and O–H groups in total. The molecule has 0 aliphatic carbocycles. The zero-order valence-corrected chi connectivity index (χ0v) is 20.7. The van der Waals surface area contributed by atoms with Crippen molar-refractivity contribution in [2.75, 3.05) is 13.2 Å². The molecular weight excluding hydrogens is 440 g/mol. The number of hydrogen-bond donors (Lipinski definition) is 0. The Morgan fingerprint density at radius 3 is 2.43 bits per heavy atom. The molecule has 2 aromatic rings. The summed E-state index contributed by atoms with van der Waals surface area (Å²) in [6.07, 6.45) is 8.78. The summed E-state index contributed by atoms with van der Waals surface area (Å²) in [7, 11) is 0. The number of rotatable bonds is 9. The maximum absolute atomic E-state index is 6.75. The summed E-state index contributed by atoms with van der Waals surface area (Å²) >= 11 is 0. The Hall–Kier alpha value is -2.02. The first-order valence-electron chi connectivity index (χ1n) is 13.1. The van der Waals surface area contributed by atoms with Crippen molar-refractivity contribution >= 4 is 0 Å². The van der Waals surface area contributed by atoms with E-state index >= 15 is 0 Å². The third-order valence-corrected chi connectivity index (χ3v) is 7.44. The maximum atomic E-state index is 6.75. The second-order valence-corrected chi connectivity index (χ2v) is 10.2. The molecule has 0 aromatic heterocycles. The third-order valence-electron chi connectivity index (χ3n) is 7.44. The van der Waals surface area contributed by atoms with E-state index in [0.29, 0.717) is 19.8 Å². The standard InChI is InChI=1S/C30H38O5/c1-30-16-8-9-18-32-28(30)20-27-29(35-30)26(33-22-24-13-6-3-7-14-24)19-25(34-27)15-10-17-31-21-23-11-4-2-5-12-23/h2-9,11-14,25-29H,10,15-22H2,1H3/t25-,26+,27-,28+,29+,30+/m1/s1. The van der Waals surface area contributed by atoms with Gasteiger partial charge in [0.15, 0.2) is 0 Å². The van der Waals surface area contributed by atoms with Crippen molar-refractivity contribution in [3.05, 3.63) is 83.9 Å². The molecule has 188 valence electrons. The lowest BCUT2D eigenvalue weighted by Crippen LogP contribution is -2.62. The molecule has 6 atom stereocenters. The van der Waals surface area contributed by atoms with E-state index in [2.05, 4.69) is 55.5 Å². The zero-order chi connectivity index (χ0) is 23.9. The minimum Gasteiger partial charge on any atom is -0.377 e. The minimum atomic E-state index is -0.343. The second-order valence-electron chi connectivity index (χ2n) is 10.2. The number of hydrogen-bond acceptors (Lipinski definition) is 5. The van der Waals surface area contributed by atoms with E-state index in [1.165, 1.54) is 11.1 Å². The van der Waals surface area contributed by atoms with Gasteiger partial charge in [-0.15, -0.1) is 0 Å². The zero-order valence-electron chi connectivity index (χ0n) is 20.7. The summed E-state index contributed by atoms with van der Waals surface area (Å²) in [5.74, 6) is 0. The van der Waals surface area contributed by atoms with E-state index in [4.69, 9.17) is 23.7 Å². The first-order chi connectivity index (χ1) is 17.2. The Morgan fingerprint density at radius 1 is 0.914 bits per heavy atom. The van der Waals surface area contributed by atoms with Gasteiger partial charge in [0.1, 0.15) is 6.10 Å². The van der Waals surface area contributed by atoms with Crippen molar-refractivity contribution in [2.24, 2.45) is 0 Å². The van der Waals surface area contributed by atoms with Crippen LogP contribution in [-0.2, 0) is 36.9 Å². The Bertz CT molecular complexity index is 932. The molecule has 5 nitrogen and oxygen atoms in total. The van der Waals surface area contributed by atoms with Crippen molar-refractivity contribution in [3.8, 4) is 0 Å². The number of ether oxygens (including phenoxy) is 5. The van der Waals surface area contributed by atoms with E-state index in [1.807, 2.05) is 24.3 Å². The summed E-state index contributed by atoms with van der Waals surface area (Å²) in [6, 6.07) is 20.7. The van der Waals surface area contributed by atoms with E-state index in [9.17, 15) is 0 Å². The Balaban J connectivity index is 1.19. The van der Waals surface area contributed by atoms with Gasteiger partial charge in [0.05, 0.1) is 49.8 Å². The highest BCUT2D eigenvalue weighted by Crippen LogP contribution is 2.42. The van der Waals surface area contributed by atoms with Crippen LogP contribution in [0.2, 0.25) is 0 Å². The molecule has 3 heterocycles. The topological polar surface area (TPSA) is 46.2 Å². The summed E-state index contributed by atoms with van der Waals surface area (Å²) in [5.41, 5.74) is 2.05. The average Bonchev–Trinajstić information content (AvgIpc) is 3.08. The predicted molar refractivity (Wildman–Crippen MR) is 135 cm³/mol. The highest BCUT2D eigenvalue weighted by atomic mass is 16.6. The number of fused-ring (bicyclic) bond motifs is 2. The van der Waals surface area contributed by atoms with E-state index in [-0.39, 0.29) is 36.1 Å². The molecule has 2 fully saturated rings. The molecule has 2 aromatic carbocycles. The van der Waals surface area contributed by atoms with Crippen molar-refractivity contribution in [1.29, 1.82) is 0 Å². The lowest BCUT2D eigenvalue weighted by Gasteiger charge is -2.52. The van der Waals surface area contributed by atoms with Crippen molar-refractivity contribution in [1.82, 2.24) is 0 Å². The van der Waals surface area contributed by atoms with Gasteiger partial charge in [0.2, 0.25) is 0 Å². The first kappa shape index (κ1) is 24.7. The van der Waals surface area contributed by atoms with Crippen LogP contribution in [0.4, 0.5) is 0 Å². The van der Waals surface area contributed by atoms with Crippen LogP contribution in [-0.4, -0.2) is 49.3 Å². The van der Waals surface area contributed by atoms with Crippen LogP contribution in [0, 0.1) is 0 Å². The summed E-state index contributed by atoms with van der Waals surface area (Å²) in [4.78, 5) is 0. The van der Waals surface area contributed by atoms with Gasteiger partial charge >= 0.3 is 0 Å². The van der Waals surface area contributed by atoms with Crippen LogP contribution in [0.5, 0.6) is 0 Å². The Kier molecular flexibility index (Phi) is 8.32. The normalized spacial score (nSPS) is 32.4. The maximum Gasteiger partial charge on any atom is 0.111 e. The molecule has 5 heteroatoms. The van der Waals surface area contributed by atoms with E-state index < -0.39 is 0 Å². The van der Waals surface area contributed by atoms with Gasteiger partial charge in [0, 0.05) is 19.4 Å². The fraction of sp³-hybridized carbons (Fsp3) is 0.533. The monoisotopic (exact) mass is 478 g/mol. The van der Waals surface area contributed by atoms with Crippen LogP contribution in [0.25, 0.3) is 0 Å². The Morgan fingerprint density at radius 2 is 1.66 bits per heavy atom. The van der Waals surface area contributed by atoms with Crippen LogP contribution >= 0.6 is 0 Å². The number of benzene rings is 2. The van der Waals surface area contributed by atoms with Crippen LogP contribution in [0.1, 0.15) is 50.2 Å². The minimum absolute atomic E-state index is 0.00537. The molecule has 0 saturated carbocycles. The molecule has 0 bridgehead atoms. The fourth-order valence-electron chi connectivity index (χ4n) is 5.49. The first-order valence-corrected chi connectivity index (χ1v) is 13.1. The summed E-state index contributed by atoms with van der Waals surface area (Å²) in [6.45, 7) is 4.77. The predicted octanol–water partition coefficient (Wildman–Crippen LogP) is 5.62. The van der Waals surface area contributed by atoms with Gasteiger partial charge in [-0.25, -0.2) is 0 Å². The van der Waals surface area contributed by atoms with Gasteiger partial charge in [-0.1, -0.05) is 72.8 Å². The molecule has 2 saturated heterocycles. The smallest absolute Gasteiger partial charge is 0.111 e. The molecule has 0 amide bonds. The third kappa shape index (κ3) is 6.41. The quantitative estimate of drug-likeness (QED) is 0.346. The van der Waals surface area contributed by atoms with Crippen LogP contribution < -0.4 is 0 Å². The SMILES string of the molecule is C[C@]12CC=CCO[C@H]1C[C@H]1O[C@H](CCCOCc3ccccc3)C[C@H](OCc3ccccc3)[C@@H]1O2. The average molecular weight is 479 g/mol. The molecule has 0 spiro atoms. The lowest BCUT2D eigenvalue weighted by molar-refractivity contribution is -0.292. The molecule has 35 heavy (non-hydrogen) atoms. The second kappa shape index (κ2) is 11.8.